The summed E-state index contributed by atoms with van der Waals surface area (Å²) in [6, 6.07) is 1.92. The van der Waals surface area contributed by atoms with E-state index in [0.29, 0.717) is 0 Å². The zero-order valence-electron chi connectivity index (χ0n) is 8.91. The van der Waals surface area contributed by atoms with Crippen molar-refractivity contribution >= 4 is 17.3 Å². The van der Waals surface area contributed by atoms with Crippen LogP contribution >= 0.6 is 11.3 Å². The Morgan fingerprint density at radius 3 is 2.53 bits per heavy atom. The predicted molar refractivity (Wildman–Crippen MR) is 60.0 cm³/mol. The topological polar surface area (TPSA) is 63.3 Å². The van der Waals surface area contributed by atoms with Gasteiger partial charge in [-0.2, -0.15) is 0 Å². The summed E-state index contributed by atoms with van der Waals surface area (Å²) in [4.78, 5) is 13.5. The molecule has 1 aromatic rings. The lowest BCUT2D eigenvalue weighted by Gasteiger charge is -2.24. The van der Waals surface area contributed by atoms with Crippen molar-refractivity contribution in [2.75, 3.05) is 0 Å². The van der Waals surface area contributed by atoms with Gasteiger partial charge in [-0.1, -0.05) is 0 Å². The molecule has 2 rings (SSSR count). The van der Waals surface area contributed by atoms with E-state index in [1.165, 1.54) is 0 Å². The molecule has 1 aliphatic rings. The quantitative estimate of drug-likeness (QED) is 0.827. The molecule has 1 aromatic heterocycles. The van der Waals surface area contributed by atoms with E-state index in [0.717, 1.165) is 28.2 Å². The minimum atomic E-state index is -1.16. The largest absolute Gasteiger partial charge is 0.480 e. The molecule has 0 aliphatic heterocycles. The van der Waals surface area contributed by atoms with Gasteiger partial charge in [0.2, 0.25) is 0 Å². The van der Waals surface area contributed by atoms with Crippen LogP contribution < -0.4 is 5.73 Å². The molecule has 1 unspecified atom stereocenters. The minimum Gasteiger partial charge on any atom is -0.480 e. The minimum absolute atomic E-state index is 0.114. The number of aliphatic carboxylic acids is 1. The molecule has 0 bridgehead atoms. The average molecular weight is 225 g/mol. The number of carbonyl (C=O) groups is 1. The molecule has 82 valence electrons. The summed E-state index contributed by atoms with van der Waals surface area (Å²) in [7, 11) is 0. The summed E-state index contributed by atoms with van der Waals surface area (Å²) in [5, 5.41) is 9.31. The Morgan fingerprint density at radius 2 is 2.20 bits per heavy atom. The number of carboxylic acid groups (broad SMARTS) is 1. The predicted octanol–water partition coefficient (Wildman–Crippen LogP) is 2.01. The maximum absolute atomic E-state index is 11.3. The van der Waals surface area contributed by atoms with Gasteiger partial charge in [0.25, 0.3) is 0 Å². The third kappa shape index (κ3) is 1.58. The number of nitrogens with two attached hydrogens (primary N) is 1. The second kappa shape index (κ2) is 3.32. The third-order valence-corrected chi connectivity index (χ3v) is 4.03. The molecular weight excluding hydrogens is 210 g/mol. The molecular formula is C11H15NO2S. The fraction of sp³-hybridized carbons (Fsp3) is 0.545. The van der Waals surface area contributed by atoms with Gasteiger partial charge in [-0.25, -0.2) is 4.79 Å². The lowest BCUT2D eigenvalue weighted by molar-refractivity contribution is -0.144. The normalized spacial score (nSPS) is 19.9. The Morgan fingerprint density at radius 1 is 1.60 bits per heavy atom. The summed E-state index contributed by atoms with van der Waals surface area (Å²) in [5.41, 5.74) is 5.74. The van der Waals surface area contributed by atoms with Crippen LogP contribution in [-0.2, 0) is 10.3 Å². The maximum Gasteiger partial charge on any atom is 0.328 e. The summed E-state index contributed by atoms with van der Waals surface area (Å²) in [6.07, 6.45) is 1.86. The Bertz CT molecular complexity index is 409. The number of hydrogen-bond acceptors (Lipinski definition) is 3. The highest BCUT2D eigenvalue weighted by Crippen LogP contribution is 2.46. The molecule has 1 atom stereocenters. The smallest absolute Gasteiger partial charge is 0.328 e. The Kier molecular flexibility index (Phi) is 2.35. The third-order valence-electron chi connectivity index (χ3n) is 3.06. The van der Waals surface area contributed by atoms with Gasteiger partial charge < -0.3 is 10.8 Å². The van der Waals surface area contributed by atoms with Crippen LogP contribution in [0.2, 0.25) is 0 Å². The average Bonchev–Trinajstić information content (AvgIpc) is 2.91. The Labute approximate surface area is 92.9 Å². The SMILES string of the molecule is Cc1cc(C(N)(C(=O)O)C2CC2)c(C)s1. The number of aryl methyl sites for hydroxylation is 2. The summed E-state index contributed by atoms with van der Waals surface area (Å²) in [6.45, 7) is 3.93. The first-order chi connectivity index (χ1) is 6.96. The molecule has 4 heteroatoms. The van der Waals surface area contributed by atoms with Gasteiger partial charge in [0.05, 0.1) is 0 Å². The highest BCUT2D eigenvalue weighted by molar-refractivity contribution is 7.12. The van der Waals surface area contributed by atoms with Gasteiger partial charge >= 0.3 is 5.97 Å². The van der Waals surface area contributed by atoms with Crippen LogP contribution in [0.15, 0.2) is 6.07 Å². The Hall–Kier alpha value is -0.870. The van der Waals surface area contributed by atoms with Gasteiger partial charge in [-0.15, -0.1) is 11.3 Å². The second-order valence-electron chi connectivity index (χ2n) is 4.28. The first-order valence-electron chi connectivity index (χ1n) is 5.06. The number of thiophene rings is 1. The molecule has 3 N–H and O–H groups in total. The number of carboxylic acids is 1. The van der Waals surface area contributed by atoms with Crippen molar-refractivity contribution in [2.45, 2.75) is 32.2 Å². The number of rotatable bonds is 3. The number of hydrogen-bond donors (Lipinski definition) is 2. The lowest BCUT2D eigenvalue weighted by atomic mass is 9.86. The fourth-order valence-corrected chi connectivity index (χ4v) is 3.09. The molecule has 0 saturated heterocycles. The second-order valence-corrected chi connectivity index (χ2v) is 5.74. The first kappa shape index (κ1) is 10.6. The molecule has 1 fully saturated rings. The van der Waals surface area contributed by atoms with Gasteiger partial charge in [0.1, 0.15) is 5.54 Å². The Balaban J connectivity index is 2.49. The van der Waals surface area contributed by atoms with Crippen molar-refractivity contribution in [2.24, 2.45) is 11.7 Å². The summed E-state index contributed by atoms with van der Waals surface area (Å²) in [5.74, 6) is -0.784. The van der Waals surface area contributed by atoms with Crippen LogP contribution in [0.4, 0.5) is 0 Å². The molecule has 15 heavy (non-hydrogen) atoms. The van der Waals surface area contributed by atoms with E-state index >= 15 is 0 Å². The van der Waals surface area contributed by atoms with Crippen LogP contribution in [0.5, 0.6) is 0 Å². The van der Waals surface area contributed by atoms with E-state index in [1.54, 1.807) is 11.3 Å². The summed E-state index contributed by atoms with van der Waals surface area (Å²) >= 11 is 1.62. The van der Waals surface area contributed by atoms with Crippen LogP contribution in [-0.4, -0.2) is 11.1 Å². The van der Waals surface area contributed by atoms with E-state index in [1.807, 2.05) is 19.9 Å². The summed E-state index contributed by atoms with van der Waals surface area (Å²) < 4.78 is 0. The lowest BCUT2D eigenvalue weighted by Crippen LogP contribution is -2.47. The molecule has 0 aromatic carbocycles. The van der Waals surface area contributed by atoms with Crippen LogP contribution in [0, 0.1) is 19.8 Å². The molecule has 1 aliphatic carbocycles. The van der Waals surface area contributed by atoms with E-state index in [-0.39, 0.29) is 5.92 Å². The zero-order chi connectivity index (χ0) is 11.2. The highest BCUT2D eigenvalue weighted by Gasteiger charge is 2.50. The van der Waals surface area contributed by atoms with Gasteiger partial charge in [-0.3, -0.25) is 0 Å². The van der Waals surface area contributed by atoms with Crippen molar-refractivity contribution in [3.8, 4) is 0 Å². The molecule has 0 amide bonds. The van der Waals surface area contributed by atoms with Crippen molar-refractivity contribution in [1.29, 1.82) is 0 Å². The van der Waals surface area contributed by atoms with Crippen LogP contribution in [0.1, 0.15) is 28.2 Å². The monoisotopic (exact) mass is 225 g/mol. The van der Waals surface area contributed by atoms with Gasteiger partial charge in [0, 0.05) is 9.75 Å². The van der Waals surface area contributed by atoms with E-state index in [2.05, 4.69) is 0 Å². The molecule has 3 nitrogen and oxygen atoms in total. The van der Waals surface area contributed by atoms with Crippen molar-refractivity contribution in [3.05, 3.63) is 21.4 Å². The van der Waals surface area contributed by atoms with E-state index in [9.17, 15) is 9.90 Å². The van der Waals surface area contributed by atoms with E-state index in [4.69, 9.17) is 5.73 Å². The van der Waals surface area contributed by atoms with Gasteiger partial charge in [0.15, 0.2) is 0 Å². The molecule has 1 heterocycles. The maximum atomic E-state index is 11.3. The standard InChI is InChI=1S/C11H15NO2S/c1-6-5-9(7(2)15-6)11(12,10(13)14)8-3-4-8/h5,8H,3-4,12H2,1-2H3,(H,13,14). The van der Waals surface area contributed by atoms with Crippen LogP contribution in [0.25, 0.3) is 0 Å². The first-order valence-corrected chi connectivity index (χ1v) is 5.87. The van der Waals surface area contributed by atoms with Gasteiger partial charge in [-0.05, 0) is 44.2 Å². The molecule has 0 radical (unpaired) electrons. The molecule has 0 spiro atoms. The van der Waals surface area contributed by atoms with Crippen molar-refractivity contribution < 1.29 is 9.90 Å². The van der Waals surface area contributed by atoms with Crippen LogP contribution in [0.3, 0.4) is 0 Å². The van der Waals surface area contributed by atoms with Crippen molar-refractivity contribution in [3.63, 3.8) is 0 Å². The van der Waals surface area contributed by atoms with Crippen molar-refractivity contribution in [1.82, 2.24) is 0 Å². The highest BCUT2D eigenvalue weighted by atomic mass is 32.1. The fourth-order valence-electron chi connectivity index (χ4n) is 2.09. The zero-order valence-corrected chi connectivity index (χ0v) is 9.73. The van der Waals surface area contributed by atoms with E-state index < -0.39 is 11.5 Å². The molecule has 1 saturated carbocycles.